The highest BCUT2D eigenvalue weighted by Gasteiger charge is 1.90. The van der Waals surface area contributed by atoms with E-state index in [-0.39, 0.29) is 0 Å². The van der Waals surface area contributed by atoms with E-state index in [0.717, 1.165) is 16.8 Å². The molecule has 2 rings (SSSR count). The molecule has 0 aliphatic rings. The van der Waals surface area contributed by atoms with Crippen LogP contribution in [-0.4, -0.2) is 11.2 Å². The Hall–Kier alpha value is -2.22. The lowest BCUT2D eigenvalue weighted by molar-refractivity contribution is 1.30. The van der Waals surface area contributed by atoms with Gasteiger partial charge in [0.25, 0.3) is 0 Å². The number of pyridine rings is 1. The van der Waals surface area contributed by atoms with E-state index in [9.17, 15) is 0 Å². The van der Waals surface area contributed by atoms with Crippen LogP contribution < -0.4 is 0 Å². The predicted molar refractivity (Wildman–Crippen MR) is 67.5 cm³/mol. The average Bonchev–Trinajstić information content (AvgIpc) is 2.38. The fourth-order valence-corrected chi connectivity index (χ4v) is 1.41. The van der Waals surface area contributed by atoms with Crippen molar-refractivity contribution in [3.05, 3.63) is 65.5 Å². The van der Waals surface area contributed by atoms with E-state index in [1.807, 2.05) is 54.6 Å². The van der Waals surface area contributed by atoms with Gasteiger partial charge in [0.05, 0.1) is 5.69 Å². The average molecular weight is 208 g/mol. The Morgan fingerprint density at radius 3 is 2.56 bits per heavy atom. The molecule has 0 atom stereocenters. The molecule has 2 nitrogen and oxygen atoms in total. The summed E-state index contributed by atoms with van der Waals surface area (Å²) in [5.41, 5.74) is 2.91. The van der Waals surface area contributed by atoms with Crippen LogP contribution in [0.2, 0.25) is 0 Å². The van der Waals surface area contributed by atoms with E-state index in [1.165, 1.54) is 6.21 Å². The molecule has 0 spiro atoms. The normalized spacial score (nSPS) is 10.5. The Kier molecular flexibility index (Phi) is 3.24. The van der Waals surface area contributed by atoms with Crippen molar-refractivity contribution in [1.29, 1.82) is 5.41 Å². The molecule has 0 amide bonds. The van der Waals surface area contributed by atoms with E-state index < -0.39 is 0 Å². The zero-order valence-corrected chi connectivity index (χ0v) is 8.80. The van der Waals surface area contributed by atoms with Gasteiger partial charge in [0.2, 0.25) is 0 Å². The Morgan fingerprint density at radius 2 is 1.81 bits per heavy atom. The molecule has 0 aliphatic heterocycles. The molecular weight excluding hydrogens is 196 g/mol. The van der Waals surface area contributed by atoms with E-state index >= 15 is 0 Å². The van der Waals surface area contributed by atoms with E-state index in [2.05, 4.69) is 4.98 Å². The lowest BCUT2D eigenvalue weighted by Gasteiger charge is -1.95. The quantitative estimate of drug-likeness (QED) is 0.772. The van der Waals surface area contributed by atoms with Gasteiger partial charge in [-0.15, -0.1) is 0 Å². The van der Waals surface area contributed by atoms with Gasteiger partial charge in [-0.3, -0.25) is 4.98 Å². The minimum absolute atomic E-state index is 0.906. The van der Waals surface area contributed by atoms with Gasteiger partial charge in [0.15, 0.2) is 0 Å². The minimum Gasteiger partial charge on any atom is -0.308 e. The molecule has 1 N–H and O–H groups in total. The summed E-state index contributed by atoms with van der Waals surface area (Å²) in [5.74, 6) is 0. The van der Waals surface area contributed by atoms with Gasteiger partial charge < -0.3 is 5.41 Å². The van der Waals surface area contributed by atoms with E-state index in [0.29, 0.717) is 0 Å². The fraction of sp³-hybridized carbons (Fsp3) is 0. The Bertz CT molecular complexity index is 501. The van der Waals surface area contributed by atoms with Crippen molar-refractivity contribution in [2.45, 2.75) is 0 Å². The number of aromatic nitrogens is 1. The van der Waals surface area contributed by atoms with E-state index in [4.69, 9.17) is 5.41 Å². The van der Waals surface area contributed by atoms with Crippen molar-refractivity contribution in [2.75, 3.05) is 0 Å². The first-order valence-electron chi connectivity index (χ1n) is 5.08. The van der Waals surface area contributed by atoms with Crippen LogP contribution in [0.1, 0.15) is 16.8 Å². The van der Waals surface area contributed by atoms with Crippen LogP contribution in [0.3, 0.4) is 0 Å². The van der Waals surface area contributed by atoms with Crippen LogP contribution in [0.25, 0.3) is 12.2 Å². The number of nitrogens with one attached hydrogen (secondary N) is 1. The van der Waals surface area contributed by atoms with Crippen LogP contribution in [0.15, 0.2) is 48.7 Å². The molecule has 2 heteroatoms. The van der Waals surface area contributed by atoms with Crippen molar-refractivity contribution in [3.63, 3.8) is 0 Å². The molecule has 78 valence electrons. The highest BCUT2D eigenvalue weighted by atomic mass is 14.6. The number of nitrogens with zero attached hydrogens (tertiary/aromatic N) is 1. The number of hydrogen-bond acceptors (Lipinski definition) is 2. The van der Waals surface area contributed by atoms with Gasteiger partial charge in [-0.1, -0.05) is 30.3 Å². The second-order valence-corrected chi connectivity index (χ2v) is 3.40. The molecule has 0 radical (unpaired) electrons. The van der Waals surface area contributed by atoms with E-state index in [1.54, 1.807) is 6.20 Å². The second kappa shape index (κ2) is 5.03. The van der Waals surface area contributed by atoms with Crippen molar-refractivity contribution in [3.8, 4) is 0 Å². The number of rotatable bonds is 3. The van der Waals surface area contributed by atoms with Gasteiger partial charge in [-0.25, -0.2) is 0 Å². The monoisotopic (exact) mass is 208 g/mol. The maximum absolute atomic E-state index is 7.18. The summed E-state index contributed by atoms with van der Waals surface area (Å²) in [6.07, 6.45) is 7.07. The fourth-order valence-electron chi connectivity index (χ4n) is 1.41. The molecule has 1 heterocycles. The number of benzene rings is 1. The van der Waals surface area contributed by atoms with Gasteiger partial charge in [-0.05, 0) is 35.4 Å². The maximum Gasteiger partial charge on any atom is 0.0629 e. The standard InChI is InChI=1S/C14H12N2/c15-11-13-5-3-4-12(10-13)7-8-14-6-1-2-9-16-14/h1-11,15H/b8-7+,15-11?. The lowest BCUT2D eigenvalue weighted by atomic mass is 10.1. The van der Waals surface area contributed by atoms with Crippen LogP contribution in [0.5, 0.6) is 0 Å². The molecule has 0 unspecified atom stereocenters. The van der Waals surface area contributed by atoms with Crippen LogP contribution in [-0.2, 0) is 0 Å². The van der Waals surface area contributed by atoms with Crippen LogP contribution in [0, 0.1) is 5.41 Å². The highest BCUT2D eigenvalue weighted by molar-refractivity contribution is 5.79. The SMILES string of the molecule is N=Cc1cccc(/C=C/c2ccccn2)c1. The van der Waals surface area contributed by atoms with Gasteiger partial charge >= 0.3 is 0 Å². The third-order valence-electron chi connectivity index (χ3n) is 2.21. The van der Waals surface area contributed by atoms with Crippen LogP contribution >= 0.6 is 0 Å². The summed E-state index contributed by atoms with van der Waals surface area (Å²) in [6, 6.07) is 13.6. The summed E-state index contributed by atoms with van der Waals surface area (Å²) in [7, 11) is 0. The summed E-state index contributed by atoms with van der Waals surface area (Å²) in [4.78, 5) is 4.20. The molecule has 0 fully saturated rings. The topological polar surface area (TPSA) is 36.7 Å². The summed E-state index contributed by atoms with van der Waals surface area (Å²) < 4.78 is 0. The molecule has 1 aromatic heterocycles. The number of hydrogen-bond donors (Lipinski definition) is 1. The van der Waals surface area contributed by atoms with Gasteiger partial charge in [0.1, 0.15) is 0 Å². The molecule has 0 saturated heterocycles. The largest absolute Gasteiger partial charge is 0.308 e. The van der Waals surface area contributed by atoms with Gasteiger partial charge in [-0.2, -0.15) is 0 Å². The molecule has 16 heavy (non-hydrogen) atoms. The van der Waals surface area contributed by atoms with Crippen LogP contribution in [0.4, 0.5) is 0 Å². The molecular formula is C14H12N2. The summed E-state index contributed by atoms with van der Waals surface area (Å²) in [5, 5.41) is 7.18. The molecule has 2 aromatic rings. The second-order valence-electron chi connectivity index (χ2n) is 3.40. The van der Waals surface area contributed by atoms with Crippen molar-refractivity contribution in [2.24, 2.45) is 0 Å². The first-order valence-corrected chi connectivity index (χ1v) is 5.08. The smallest absolute Gasteiger partial charge is 0.0629 e. The summed E-state index contributed by atoms with van der Waals surface area (Å²) >= 11 is 0. The molecule has 1 aromatic carbocycles. The highest BCUT2D eigenvalue weighted by Crippen LogP contribution is 2.07. The summed E-state index contributed by atoms with van der Waals surface area (Å²) in [6.45, 7) is 0. The third kappa shape index (κ3) is 2.64. The molecule has 0 aliphatic carbocycles. The Balaban J connectivity index is 2.20. The maximum atomic E-state index is 7.18. The van der Waals surface area contributed by atoms with Gasteiger partial charge in [0, 0.05) is 12.4 Å². The lowest BCUT2D eigenvalue weighted by Crippen LogP contribution is -1.80. The van der Waals surface area contributed by atoms with Crippen molar-refractivity contribution >= 4 is 18.4 Å². The first kappa shape index (κ1) is 10.3. The van der Waals surface area contributed by atoms with Crippen molar-refractivity contribution < 1.29 is 0 Å². The Labute approximate surface area is 94.8 Å². The molecule has 0 bridgehead atoms. The predicted octanol–water partition coefficient (Wildman–Crippen LogP) is 3.25. The molecule has 0 saturated carbocycles. The zero-order valence-electron chi connectivity index (χ0n) is 8.80. The van der Waals surface area contributed by atoms with Crippen molar-refractivity contribution in [1.82, 2.24) is 4.98 Å². The zero-order chi connectivity index (χ0) is 11.2. The third-order valence-corrected chi connectivity index (χ3v) is 2.21. The Morgan fingerprint density at radius 1 is 0.938 bits per heavy atom. The minimum atomic E-state index is 0.906. The first-order chi connectivity index (χ1) is 7.88.